The molecule has 206 valence electrons. The van der Waals surface area contributed by atoms with Gasteiger partial charge >= 0.3 is 0 Å². The van der Waals surface area contributed by atoms with Gasteiger partial charge in [-0.3, -0.25) is 9.97 Å². The maximum absolute atomic E-state index is 4.91. The molecule has 0 spiro atoms. The van der Waals surface area contributed by atoms with Crippen molar-refractivity contribution < 1.29 is 0 Å². The first-order valence-corrected chi connectivity index (χ1v) is 14.5. The first kappa shape index (κ1) is 25.6. The van der Waals surface area contributed by atoms with E-state index in [4.69, 9.17) is 19.9 Å². The van der Waals surface area contributed by atoms with Crippen LogP contribution in [0.25, 0.3) is 78.1 Å². The first-order chi connectivity index (χ1) is 21.8. The summed E-state index contributed by atoms with van der Waals surface area (Å²) in [6.07, 6.45) is 5.52. The summed E-state index contributed by atoms with van der Waals surface area (Å²) < 4.78 is 0. The molecule has 0 aliphatic rings. The van der Waals surface area contributed by atoms with Crippen molar-refractivity contribution in [1.82, 2.24) is 24.9 Å². The number of rotatable bonds is 5. The van der Waals surface area contributed by atoms with Gasteiger partial charge in [-0.25, -0.2) is 15.0 Å². The lowest BCUT2D eigenvalue weighted by molar-refractivity contribution is 1.07. The van der Waals surface area contributed by atoms with Gasteiger partial charge in [-0.1, -0.05) is 103 Å². The van der Waals surface area contributed by atoms with Crippen molar-refractivity contribution in [3.63, 3.8) is 0 Å². The number of benzene rings is 5. The molecule has 5 aromatic carbocycles. The maximum atomic E-state index is 4.91. The molecule has 0 radical (unpaired) electrons. The lowest BCUT2D eigenvalue weighted by atomic mass is 9.97. The van der Waals surface area contributed by atoms with E-state index in [0.29, 0.717) is 17.5 Å². The standard InChI is InChI=1S/C39H25N5/c1-3-7-27(8-4-1)37-42-38(28-9-5-2-6-10-28)44-39(43-37)32-14-17-35-30(24-32)12-11-29-23-31(13-16-34(29)35)36-18-15-33(25-41-36)26-19-21-40-22-20-26/h1-25H. The molecule has 3 heterocycles. The third kappa shape index (κ3) is 4.86. The zero-order valence-corrected chi connectivity index (χ0v) is 23.7. The number of nitrogens with zero attached hydrogens (tertiary/aromatic N) is 5. The van der Waals surface area contributed by atoms with Gasteiger partial charge in [0.2, 0.25) is 0 Å². The van der Waals surface area contributed by atoms with Crippen LogP contribution in [0.5, 0.6) is 0 Å². The van der Waals surface area contributed by atoms with Crippen molar-refractivity contribution in [3.8, 4) is 56.5 Å². The van der Waals surface area contributed by atoms with Crippen LogP contribution in [-0.4, -0.2) is 24.9 Å². The van der Waals surface area contributed by atoms with Crippen LogP contribution < -0.4 is 0 Å². The molecule has 44 heavy (non-hydrogen) atoms. The van der Waals surface area contributed by atoms with Gasteiger partial charge in [0.1, 0.15) is 0 Å². The molecular formula is C39H25N5. The van der Waals surface area contributed by atoms with Crippen molar-refractivity contribution in [2.24, 2.45) is 0 Å². The summed E-state index contributed by atoms with van der Waals surface area (Å²) in [6, 6.07) is 45.6. The van der Waals surface area contributed by atoms with Crippen molar-refractivity contribution in [3.05, 3.63) is 152 Å². The Kier molecular flexibility index (Phi) is 6.39. The van der Waals surface area contributed by atoms with Gasteiger partial charge in [0.25, 0.3) is 0 Å². The molecule has 5 heteroatoms. The van der Waals surface area contributed by atoms with E-state index >= 15 is 0 Å². The number of hydrogen-bond acceptors (Lipinski definition) is 5. The Labute approximate surface area is 254 Å². The summed E-state index contributed by atoms with van der Waals surface area (Å²) in [7, 11) is 0. The van der Waals surface area contributed by atoms with E-state index in [1.807, 2.05) is 79.0 Å². The zero-order chi connectivity index (χ0) is 29.3. The Morgan fingerprint density at radius 3 is 1.45 bits per heavy atom. The predicted molar refractivity (Wildman–Crippen MR) is 178 cm³/mol. The Hall–Kier alpha value is -6.07. The highest BCUT2D eigenvalue weighted by Gasteiger charge is 2.13. The monoisotopic (exact) mass is 563 g/mol. The summed E-state index contributed by atoms with van der Waals surface area (Å²) >= 11 is 0. The second-order valence-corrected chi connectivity index (χ2v) is 10.6. The molecule has 8 rings (SSSR count). The van der Waals surface area contributed by atoms with Crippen molar-refractivity contribution in [2.45, 2.75) is 0 Å². The molecule has 0 N–H and O–H groups in total. The molecular weight excluding hydrogens is 538 g/mol. The van der Waals surface area contributed by atoms with Crippen LogP contribution >= 0.6 is 0 Å². The average molecular weight is 564 g/mol. The highest BCUT2D eigenvalue weighted by molar-refractivity contribution is 6.09. The van der Waals surface area contributed by atoms with Crippen LogP contribution in [-0.2, 0) is 0 Å². The van der Waals surface area contributed by atoms with Crippen molar-refractivity contribution in [2.75, 3.05) is 0 Å². The topological polar surface area (TPSA) is 64.5 Å². The SMILES string of the molecule is c1ccc(-c2nc(-c3ccccc3)nc(-c3ccc4c(ccc5cc(-c6ccc(-c7ccncc7)cn6)ccc54)c3)n2)cc1. The Morgan fingerprint density at radius 2 is 0.886 bits per heavy atom. The number of aromatic nitrogens is 5. The Balaban J connectivity index is 1.17. The minimum Gasteiger partial charge on any atom is -0.265 e. The minimum absolute atomic E-state index is 0.649. The quantitative estimate of drug-likeness (QED) is 0.195. The van der Waals surface area contributed by atoms with E-state index in [1.165, 1.54) is 16.2 Å². The van der Waals surface area contributed by atoms with E-state index in [1.54, 1.807) is 12.4 Å². The number of pyridine rings is 2. The molecule has 0 saturated carbocycles. The molecule has 0 amide bonds. The molecule has 0 bridgehead atoms. The largest absolute Gasteiger partial charge is 0.265 e. The van der Waals surface area contributed by atoms with Gasteiger partial charge in [-0.05, 0) is 57.4 Å². The molecule has 0 fully saturated rings. The lowest BCUT2D eigenvalue weighted by Crippen LogP contribution is -2.00. The van der Waals surface area contributed by atoms with E-state index in [0.717, 1.165) is 44.5 Å². The van der Waals surface area contributed by atoms with E-state index < -0.39 is 0 Å². The van der Waals surface area contributed by atoms with Crippen LogP contribution in [0.2, 0.25) is 0 Å². The molecule has 0 unspecified atom stereocenters. The van der Waals surface area contributed by atoms with Crippen LogP contribution in [0.1, 0.15) is 0 Å². The average Bonchev–Trinajstić information content (AvgIpc) is 3.12. The highest BCUT2D eigenvalue weighted by Crippen LogP contribution is 2.33. The third-order valence-corrected chi connectivity index (χ3v) is 7.87. The van der Waals surface area contributed by atoms with E-state index in [9.17, 15) is 0 Å². The van der Waals surface area contributed by atoms with E-state index in [2.05, 4.69) is 65.6 Å². The Morgan fingerprint density at radius 1 is 0.364 bits per heavy atom. The fourth-order valence-corrected chi connectivity index (χ4v) is 5.59. The summed E-state index contributed by atoms with van der Waals surface area (Å²) in [6.45, 7) is 0. The smallest absolute Gasteiger partial charge is 0.164 e. The second kappa shape index (κ2) is 11.0. The second-order valence-electron chi connectivity index (χ2n) is 10.6. The summed E-state index contributed by atoms with van der Waals surface area (Å²) in [4.78, 5) is 23.5. The predicted octanol–water partition coefficient (Wildman–Crippen LogP) is 9.30. The fraction of sp³-hybridized carbons (Fsp3) is 0. The van der Waals surface area contributed by atoms with Crippen LogP contribution in [0.4, 0.5) is 0 Å². The normalized spacial score (nSPS) is 11.2. The summed E-state index contributed by atoms with van der Waals surface area (Å²) in [5.41, 5.74) is 7.07. The minimum atomic E-state index is 0.649. The highest BCUT2D eigenvalue weighted by atomic mass is 15.0. The first-order valence-electron chi connectivity index (χ1n) is 14.5. The van der Waals surface area contributed by atoms with Crippen LogP contribution in [0.15, 0.2) is 152 Å². The molecule has 0 aliphatic carbocycles. The molecule has 5 nitrogen and oxygen atoms in total. The zero-order valence-electron chi connectivity index (χ0n) is 23.7. The maximum Gasteiger partial charge on any atom is 0.164 e. The number of hydrogen-bond donors (Lipinski definition) is 0. The van der Waals surface area contributed by atoms with E-state index in [-0.39, 0.29) is 0 Å². The van der Waals surface area contributed by atoms with Gasteiger partial charge in [0.05, 0.1) is 5.69 Å². The fourth-order valence-electron chi connectivity index (χ4n) is 5.59. The molecule has 0 atom stereocenters. The molecule has 8 aromatic rings. The molecule has 0 saturated heterocycles. The van der Waals surface area contributed by atoms with Gasteiger partial charge < -0.3 is 0 Å². The third-order valence-electron chi connectivity index (χ3n) is 7.87. The van der Waals surface area contributed by atoms with Gasteiger partial charge in [-0.2, -0.15) is 0 Å². The van der Waals surface area contributed by atoms with Gasteiger partial charge in [0, 0.05) is 46.4 Å². The van der Waals surface area contributed by atoms with Crippen molar-refractivity contribution >= 4 is 21.5 Å². The number of fused-ring (bicyclic) bond motifs is 3. The summed E-state index contributed by atoms with van der Waals surface area (Å²) in [5.74, 6) is 1.96. The Bertz CT molecular complexity index is 2190. The van der Waals surface area contributed by atoms with Crippen LogP contribution in [0, 0.1) is 0 Å². The van der Waals surface area contributed by atoms with Gasteiger partial charge in [0.15, 0.2) is 17.5 Å². The molecule has 0 aliphatic heterocycles. The molecule has 3 aromatic heterocycles. The summed E-state index contributed by atoms with van der Waals surface area (Å²) in [5, 5.41) is 4.67. The van der Waals surface area contributed by atoms with Gasteiger partial charge in [-0.15, -0.1) is 0 Å². The lowest BCUT2D eigenvalue weighted by Gasteiger charge is -2.10. The van der Waals surface area contributed by atoms with Crippen LogP contribution in [0.3, 0.4) is 0 Å². The van der Waals surface area contributed by atoms with Crippen molar-refractivity contribution in [1.29, 1.82) is 0 Å².